The van der Waals surface area contributed by atoms with E-state index < -0.39 is 22.8 Å². The lowest BCUT2D eigenvalue weighted by Crippen LogP contribution is -2.42. The van der Waals surface area contributed by atoms with Crippen molar-refractivity contribution in [3.63, 3.8) is 0 Å². The van der Waals surface area contributed by atoms with Gasteiger partial charge in [-0.05, 0) is 89.8 Å². The minimum atomic E-state index is -5.04. The molecule has 202 valence electrons. The molecule has 39 heavy (non-hydrogen) atoms. The molecule has 1 aromatic heterocycles. The Hall–Kier alpha value is -3.55. The van der Waals surface area contributed by atoms with Crippen LogP contribution in [-0.2, 0) is 35.1 Å². The molecule has 0 saturated carbocycles. The van der Waals surface area contributed by atoms with E-state index in [1.807, 2.05) is 17.0 Å². The number of aromatic nitrogens is 1. The van der Waals surface area contributed by atoms with Gasteiger partial charge in [0.05, 0.1) is 0 Å². The predicted molar refractivity (Wildman–Crippen MR) is 137 cm³/mol. The van der Waals surface area contributed by atoms with E-state index in [2.05, 4.69) is 4.98 Å². The van der Waals surface area contributed by atoms with Crippen molar-refractivity contribution in [2.75, 3.05) is 13.1 Å². The zero-order valence-electron chi connectivity index (χ0n) is 21.4. The van der Waals surface area contributed by atoms with Crippen LogP contribution in [0.25, 0.3) is 6.08 Å². The van der Waals surface area contributed by atoms with Crippen LogP contribution in [0.5, 0.6) is 0 Å². The molecule has 0 spiro atoms. The van der Waals surface area contributed by atoms with E-state index in [9.17, 15) is 26.7 Å². The minimum Gasteiger partial charge on any atom is -0.338 e. The number of alkyl halides is 4. The van der Waals surface area contributed by atoms with Crippen LogP contribution >= 0.6 is 0 Å². The van der Waals surface area contributed by atoms with Crippen molar-refractivity contribution < 1.29 is 26.7 Å². The summed E-state index contributed by atoms with van der Waals surface area (Å²) >= 11 is 0. The molecule has 1 saturated heterocycles. The highest BCUT2D eigenvalue weighted by atomic mass is 19.4. The molecule has 2 aliphatic carbocycles. The Bertz CT molecular complexity index is 1480. The summed E-state index contributed by atoms with van der Waals surface area (Å²) in [6.07, 6.45) is 2.44. The zero-order chi connectivity index (χ0) is 27.6. The molecule has 0 bridgehead atoms. The van der Waals surface area contributed by atoms with Crippen LogP contribution in [0.1, 0.15) is 46.7 Å². The third-order valence-corrected chi connectivity index (χ3v) is 8.83. The van der Waals surface area contributed by atoms with Crippen LogP contribution in [0.15, 0.2) is 66.5 Å². The van der Waals surface area contributed by atoms with Crippen molar-refractivity contribution in [3.05, 3.63) is 106 Å². The van der Waals surface area contributed by atoms with Gasteiger partial charge in [0.25, 0.3) is 0 Å². The van der Waals surface area contributed by atoms with Gasteiger partial charge in [-0.25, -0.2) is 8.78 Å². The first-order valence-electron chi connectivity index (χ1n) is 13.0. The highest BCUT2D eigenvalue weighted by molar-refractivity contribution is 6.00. The maximum absolute atomic E-state index is 14.9. The van der Waals surface area contributed by atoms with Crippen LogP contribution in [-0.4, -0.2) is 35.1 Å². The fraction of sp³-hybridized carbons (Fsp3) is 0.355. The van der Waals surface area contributed by atoms with Gasteiger partial charge in [0, 0.05) is 42.9 Å². The summed E-state index contributed by atoms with van der Waals surface area (Å²) in [5.74, 6) is -0.373. The van der Waals surface area contributed by atoms with Crippen LogP contribution in [0, 0.1) is 11.7 Å². The summed E-state index contributed by atoms with van der Waals surface area (Å²) in [6, 6.07) is 12.3. The highest BCUT2D eigenvalue weighted by Gasteiger charge is 2.55. The van der Waals surface area contributed by atoms with Crippen molar-refractivity contribution in [3.8, 4) is 0 Å². The number of fused-ring (bicyclic) bond motifs is 4. The molecule has 3 aromatic rings. The van der Waals surface area contributed by atoms with Crippen LogP contribution in [0.3, 0.4) is 0 Å². The summed E-state index contributed by atoms with van der Waals surface area (Å²) in [6.45, 7) is 1.43. The number of halogens is 5. The van der Waals surface area contributed by atoms with Crippen LogP contribution < -0.4 is 0 Å². The van der Waals surface area contributed by atoms with E-state index in [1.165, 1.54) is 24.3 Å². The van der Waals surface area contributed by atoms with Crippen molar-refractivity contribution in [2.24, 2.45) is 5.92 Å². The first kappa shape index (κ1) is 25.7. The number of hydrogen-bond donors (Lipinski definition) is 0. The molecule has 6 rings (SSSR count). The normalized spacial score (nSPS) is 23.5. The van der Waals surface area contributed by atoms with E-state index >= 15 is 0 Å². The molecule has 0 radical (unpaired) electrons. The van der Waals surface area contributed by atoms with E-state index in [0.29, 0.717) is 56.8 Å². The molecule has 1 amide bonds. The average molecular weight is 539 g/mol. The van der Waals surface area contributed by atoms with Crippen LogP contribution in [0.4, 0.5) is 22.0 Å². The van der Waals surface area contributed by atoms with Gasteiger partial charge in [0.1, 0.15) is 5.82 Å². The SMILES string of the molecule is CC(F)(c1ccc2c(c1)CCC1CN(C(=O)C3=Cc4cnccc4C3)CC21Cc1ccc(F)cc1)C(F)(F)F. The van der Waals surface area contributed by atoms with Gasteiger partial charge in [-0.3, -0.25) is 9.78 Å². The Morgan fingerprint density at radius 1 is 1.08 bits per heavy atom. The molecule has 1 aliphatic heterocycles. The first-order valence-corrected chi connectivity index (χ1v) is 13.0. The Morgan fingerprint density at radius 3 is 2.56 bits per heavy atom. The number of carbonyl (C=O) groups is 1. The van der Waals surface area contributed by atoms with Gasteiger partial charge in [-0.15, -0.1) is 0 Å². The maximum Gasteiger partial charge on any atom is 0.426 e. The molecule has 3 atom stereocenters. The lowest BCUT2D eigenvalue weighted by molar-refractivity contribution is -0.228. The summed E-state index contributed by atoms with van der Waals surface area (Å²) in [4.78, 5) is 19.7. The number of likely N-dealkylation sites (tertiary alicyclic amines) is 1. The summed E-state index contributed by atoms with van der Waals surface area (Å²) in [7, 11) is 0. The lowest BCUT2D eigenvalue weighted by atomic mass is 9.62. The van der Waals surface area contributed by atoms with Gasteiger partial charge >= 0.3 is 6.18 Å². The maximum atomic E-state index is 14.9. The Kier molecular flexibility index (Phi) is 5.93. The van der Waals surface area contributed by atoms with Crippen molar-refractivity contribution in [1.29, 1.82) is 0 Å². The van der Waals surface area contributed by atoms with E-state index in [-0.39, 0.29) is 17.6 Å². The monoisotopic (exact) mass is 538 g/mol. The summed E-state index contributed by atoms with van der Waals surface area (Å²) in [5.41, 5.74) is 0.562. The summed E-state index contributed by atoms with van der Waals surface area (Å²) < 4.78 is 69.0. The number of benzene rings is 2. The number of pyridine rings is 1. The van der Waals surface area contributed by atoms with E-state index in [1.54, 1.807) is 30.6 Å². The Balaban J connectivity index is 1.38. The average Bonchev–Trinajstić information content (AvgIpc) is 3.51. The van der Waals surface area contributed by atoms with Crippen molar-refractivity contribution in [1.82, 2.24) is 9.88 Å². The lowest BCUT2D eigenvalue weighted by Gasteiger charge is -2.41. The largest absolute Gasteiger partial charge is 0.426 e. The number of rotatable bonds is 4. The molecule has 3 unspecified atom stereocenters. The highest BCUT2D eigenvalue weighted by Crippen LogP contribution is 2.51. The Labute approximate surface area is 223 Å². The van der Waals surface area contributed by atoms with Gasteiger partial charge in [0.15, 0.2) is 0 Å². The van der Waals surface area contributed by atoms with Gasteiger partial charge in [-0.1, -0.05) is 30.3 Å². The van der Waals surface area contributed by atoms with Crippen molar-refractivity contribution in [2.45, 2.75) is 49.9 Å². The van der Waals surface area contributed by atoms with E-state index in [0.717, 1.165) is 22.3 Å². The standard InChI is InChI=1S/C31H27F5N2O/c1-29(33,31(34,35)36)24-6-9-27-21(14-24)4-5-25-17-38(18-30(25,27)15-19-2-7-26(32)8-3-19)28(39)22-12-20-10-11-37-16-23(20)13-22/h2-3,6-11,13-14,16,25H,4-5,12,15,17-18H2,1H3. The molecule has 1 fully saturated rings. The van der Waals surface area contributed by atoms with Crippen LogP contribution in [0.2, 0.25) is 0 Å². The quantitative estimate of drug-likeness (QED) is 0.356. The molecule has 0 N–H and O–H groups in total. The number of hydrogen-bond acceptors (Lipinski definition) is 2. The second-order valence-corrected chi connectivity index (χ2v) is 11.2. The molecular weight excluding hydrogens is 511 g/mol. The second-order valence-electron chi connectivity index (χ2n) is 11.2. The first-order chi connectivity index (χ1) is 18.5. The molecule has 2 aromatic carbocycles. The molecule has 3 nitrogen and oxygen atoms in total. The summed E-state index contributed by atoms with van der Waals surface area (Å²) in [5, 5.41) is 0. The number of nitrogens with zero attached hydrogens (tertiary/aromatic N) is 2. The topological polar surface area (TPSA) is 33.2 Å². The van der Waals surface area contributed by atoms with Gasteiger partial charge in [-0.2, -0.15) is 13.2 Å². The molecule has 3 aliphatic rings. The molecular formula is C31H27F5N2O. The zero-order valence-corrected chi connectivity index (χ0v) is 21.4. The number of carbonyl (C=O) groups excluding carboxylic acids is 1. The van der Waals surface area contributed by atoms with E-state index in [4.69, 9.17) is 0 Å². The smallest absolute Gasteiger partial charge is 0.338 e. The molecule has 8 heteroatoms. The van der Waals surface area contributed by atoms with Crippen molar-refractivity contribution >= 4 is 12.0 Å². The third-order valence-electron chi connectivity index (χ3n) is 8.83. The van der Waals surface area contributed by atoms with Gasteiger partial charge in [0.2, 0.25) is 11.6 Å². The fourth-order valence-corrected chi connectivity index (χ4v) is 6.65. The predicted octanol–water partition coefficient (Wildman–Crippen LogP) is 6.49. The minimum absolute atomic E-state index is 0.0512. The second kappa shape index (κ2) is 9.00. The Morgan fingerprint density at radius 2 is 1.85 bits per heavy atom. The molecule has 2 heterocycles. The number of amides is 1. The fourth-order valence-electron chi connectivity index (χ4n) is 6.65. The number of aryl methyl sites for hydroxylation is 1. The third kappa shape index (κ3) is 4.24. The van der Waals surface area contributed by atoms with Gasteiger partial charge < -0.3 is 4.90 Å².